The Labute approximate surface area is 91.9 Å². The number of aryl methyl sites for hydroxylation is 2. The maximum Gasteiger partial charge on any atom is 0.222 e. The van der Waals surface area contributed by atoms with E-state index in [0.29, 0.717) is 5.91 Å². The summed E-state index contributed by atoms with van der Waals surface area (Å²) in [7, 11) is 1.84. The lowest BCUT2D eigenvalue weighted by Crippen LogP contribution is -2.17. The van der Waals surface area contributed by atoms with E-state index in [1.807, 2.05) is 7.05 Å². The number of hydrogen-bond acceptors (Lipinski definition) is 1. The Morgan fingerprint density at radius 3 is 2.00 bits per heavy atom. The predicted molar refractivity (Wildman–Crippen MR) is 62.8 cm³/mol. The highest BCUT2D eigenvalue weighted by Crippen LogP contribution is 2.04. The third kappa shape index (κ3) is 4.15. The van der Waals surface area contributed by atoms with Gasteiger partial charge in [0.25, 0.3) is 0 Å². The number of carbonyl (C=O) groups is 1. The van der Waals surface area contributed by atoms with Gasteiger partial charge in [-0.2, -0.15) is 0 Å². The van der Waals surface area contributed by atoms with Crippen molar-refractivity contribution in [2.45, 2.75) is 26.7 Å². The molecule has 0 N–H and O–H groups in total. The van der Waals surface area contributed by atoms with Crippen LogP contribution in [0, 0.1) is 13.8 Å². The Hall–Kier alpha value is -1.31. The maximum atomic E-state index is 10.5. The van der Waals surface area contributed by atoms with E-state index in [4.69, 9.17) is 0 Å². The van der Waals surface area contributed by atoms with Crippen LogP contribution in [0.15, 0.2) is 24.3 Å². The van der Waals surface area contributed by atoms with Gasteiger partial charge in [-0.05, 0) is 20.3 Å². The molecule has 1 amide bonds. The van der Waals surface area contributed by atoms with Crippen LogP contribution in [0.3, 0.4) is 0 Å². The molecule has 15 heavy (non-hydrogen) atoms. The van der Waals surface area contributed by atoms with Crippen LogP contribution in [0.4, 0.5) is 0 Å². The molecule has 1 heterocycles. The van der Waals surface area contributed by atoms with Crippen LogP contribution < -0.4 is 0 Å². The van der Waals surface area contributed by atoms with Crippen molar-refractivity contribution >= 4 is 5.91 Å². The minimum Gasteiger partial charge on any atom is -0.346 e. The second-order valence-corrected chi connectivity index (χ2v) is 4.08. The summed E-state index contributed by atoms with van der Waals surface area (Å²) in [5.74, 6) is 0.292. The first-order valence-electron chi connectivity index (χ1n) is 5.37. The van der Waals surface area contributed by atoms with Crippen molar-refractivity contribution < 1.29 is 4.79 Å². The van der Waals surface area contributed by atoms with Crippen molar-refractivity contribution in [3.8, 4) is 0 Å². The number of amides is 1. The molecule has 1 aromatic rings. The van der Waals surface area contributed by atoms with Gasteiger partial charge in [0.05, 0.1) is 0 Å². The van der Waals surface area contributed by atoms with E-state index >= 15 is 0 Å². The Kier molecular flexibility index (Phi) is 4.35. The number of benzene rings is 1. The van der Waals surface area contributed by atoms with E-state index in [0.717, 1.165) is 19.4 Å². The molecule has 0 unspecified atom stereocenters. The Bertz CT molecular complexity index is 316. The monoisotopic (exact) mass is 205 g/mol. The number of rotatable bonds is 0. The normalized spacial score (nSPS) is 14.9. The van der Waals surface area contributed by atoms with Gasteiger partial charge in [-0.15, -0.1) is 0 Å². The van der Waals surface area contributed by atoms with Gasteiger partial charge in [-0.3, -0.25) is 4.79 Å². The van der Waals surface area contributed by atoms with Gasteiger partial charge in [0, 0.05) is 20.0 Å². The van der Waals surface area contributed by atoms with Crippen LogP contribution in [0.5, 0.6) is 0 Å². The van der Waals surface area contributed by atoms with E-state index < -0.39 is 0 Å². The average molecular weight is 205 g/mol. The zero-order chi connectivity index (χ0) is 11.3. The molecule has 82 valence electrons. The van der Waals surface area contributed by atoms with Crippen molar-refractivity contribution in [1.82, 2.24) is 4.90 Å². The standard InChI is InChI=1S/C8H10.C5H9NO/c1-7-4-3-5-8(2)6-7;1-6-4-2-3-5(6)7/h3-6H,1-2H3;2-4H2,1H3. The molecule has 2 rings (SSSR count). The summed E-state index contributed by atoms with van der Waals surface area (Å²) in [6, 6.07) is 8.45. The molecule has 0 saturated carbocycles. The lowest BCUT2D eigenvalue weighted by molar-refractivity contribution is -0.126. The summed E-state index contributed by atoms with van der Waals surface area (Å²) in [5, 5.41) is 0. The van der Waals surface area contributed by atoms with Gasteiger partial charge in [0.1, 0.15) is 0 Å². The molecule has 1 aliphatic heterocycles. The second kappa shape index (κ2) is 5.54. The molecule has 1 saturated heterocycles. The SMILES string of the molecule is CN1CCCC1=O.Cc1cccc(C)c1. The topological polar surface area (TPSA) is 20.3 Å². The summed E-state index contributed by atoms with van der Waals surface area (Å²) in [4.78, 5) is 12.3. The highest BCUT2D eigenvalue weighted by molar-refractivity contribution is 5.77. The van der Waals surface area contributed by atoms with E-state index in [2.05, 4.69) is 38.1 Å². The molecule has 1 aliphatic rings. The van der Waals surface area contributed by atoms with Crippen molar-refractivity contribution in [2.24, 2.45) is 0 Å². The minimum absolute atomic E-state index is 0.292. The van der Waals surface area contributed by atoms with Crippen molar-refractivity contribution in [2.75, 3.05) is 13.6 Å². The highest BCUT2D eigenvalue weighted by atomic mass is 16.2. The van der Waals surface area contributed by atoms with E-state index in [-0.39, 0.29) is 0 Å². The van der Waals surface area contributed by atoms with Gasteiger partial charge >= 0.3 is 0 Å². The Morgan fingerprint density at radius 2 is 1.80 bits per heavy atom. The van der Waals surface area contributed by atoms with Gasteiger partial charge in [0.2, 0.25) is 5.91 Å². The van der Waals surface area contributed by atoms with Crippen LogP contribution in [0.1, 0.15) is 24.0 Å². The van der Waals surface area contributed by atoms with Crippen LogP contribution in [0.25, 0.3) is 0 Å². The lowest BCUT2D eigenvalue weighted by atomic mass is 10.2. The summed E-state index contributed by atoms with van der Waals surface area (Å²) in [5.41, 5.74) is 2.68. The van der Waals surface area contributed by atoms with Crippen LogP contribution in [-0.4, -0.2) is 24.4 Å². The smallest absolute Gasteiger partial charge is 0.222 e. The van der Waals surface area contributed by atoms with E-state index in [1.54, 1.807) is 4.90 Å². The van der Waals surface area contributed by atoms with Gasteiger partial charge in [-0.1, -0.05) is 35.4 Å². The Balaban J connectivity index is 0.000000151. The quantitative estimate of drug-likeness (QED) is 0.637. The molecule has 0 aromatic heterocycles. The molecule has 2 heteroatoms. The summed E-state index contributed by atoms with van der Waals surface area (Å²) in [6.07, 6.45) is 1.81. The van der Waals surface area contributed by atoms with Crippen molar-refractivity contribution in [3.05, 3.63) is 35.4 Å². The fourth-order valence-electron chi connectivity index (χ4n) is 1.59. The van der Waals surface area contributed by atoms with Gasteiger partial charge in [0.15, 0.2) is 0 Å². The molecule has 1 fully saturated rings. The molecule has 0 bridgehead atoms. The van der Waals surface area contributed by atoms with E-state index in [1.165, 1.54) is 11.1 Å². The maximum absolute atomic E-state index is 10.5. The number of nitrogens with zero attached hydrogens (tertiary/aromatic N) is 1. The molecule has 1 aromatic carbocycles. The van der Waals surface area contributed by atoms with Crippen molar-refractivity contribution in [3.63, 3.8) is 0 Å². The fraction of sp³-hybridized carbons (Fsp3) is 0.462. The van der Waals surface area contributed by atoms with Crippen LogP contribution in [-0.2, 0) is 4.79 Å². The number of likely N-dealkylation sites (tertiary alicyclic amines) is 1. The molecule has 0 spiro atoms. The first-order chi connectivity index (χ1) is 7.09. The summed E-state index contributed by atoms with van der Waals surface area (Å²) >= 11 is 0. The van der Waals surface area contributed by atoms with Crippen molar-refractivity contribution in [1.29, 1.82) is 0 Å². The van der Waals surface area contributed by atoms with Crippen LogP contribution >= 0.6 is 0 Å². The third-order valence-electron chi connectivity index (χ3n) is 2.48. The molecular formula is C13H19NO. The minimum atomic E-state index is 0.292. The molecule has 2 nitrogen and oxygen atoms in total. The first-order valence-corrected chi connectivity index (χ1v) is 5.37. The van der Waals surface area contributed by atoms with E-state index in [9.17, 15) is 4.79 Å². The molecular weight excluding hydrogens is 186 g/mol. The molecule has 0 atom stereocenters. The predicted octanol–water partition coefficient (Wildman–Crippen LogP) is 2.54. The highest BCUT2D eigenvalue weighted by Gasteiger charge is 2.14. The fourth-order valence-corrected chi connectivity index (χ4v) is 1.59. The number of hydrogen-bond donors (Lipinski definition) is 0. The van der Waals surface area contributed by atoms with Crippen LogP contribution in [0.2, 0.25) is 0 Å². The number of carbonyl (C=O) groups excluding carboxylic acids is 1. The zero-order valence-corrected chi connectivity index (χ0v) is 9.79. The second-order valence-electron chi connectivity index (χ2n) is 4.08. The third-order valence-corrected chi connectivity index (χ3v) is 2.48. The zero-order valence-electron chi connectivity index (χ0n) is 9.79. The first kappa shape index (κ1) is 11.8. The van der Waals surface area contributed by atoms with Gasteiger partial charge in [-0.25, -0.2) is 0 Å². The largest absolute Gasteiger partial charge is 0.346 e. The average Bonchev–Trinajstić information content (AvgIpc) is 2.51. The summed E-state index contributed by atoms with van der Waals surface area (Å²) in [6.45, 7) is 5.17. The molecule has 0 radical (unpaired) electrons. The summed E-state index contributed by atoms with van der Waals surface area (Å²) < 4.78 is 0. The van der Waals surface area contributed by atoms with Gasteiger partial charge < -0.3 is 4.90 Å². The lowest BCUT2D eigenvalue weighted by Gasteiger charge is -2.03. The Morgan fingerprint density at radius 1 is 1.20 bits per heavy atom. The molecule has 0 aliphatic carbocycles.